The highest BCUT2D eigenvalue weighted by atomic mass is 16.1. The molecule has 0 saturated carbocycles. The van der Waals surface area contributed by atoms with Gasteiger partial charge in [0, 0.05) is 28.2 Å². The van der Waals surface area contributed by atoms with Gasteiger partial charge in [-0.15, -0.1) is 0 Å². The standard InChI is InChI=1S/C29H31N5O/c35-29-25(16-23-15-21(8-10-27(23)33-29)24-18-30-31-19-24)28-17-22-14-20(7-9-26(22)32-28)6-2-5-13-34-11-3-1-4-12-34/h7-10,14-19,32H,1-6,11-13H2,(H,30,31)(H,33,35). The lowest BCUT2D eigenvalue weighted by atomic mass is 10.0. The van der Waals surface area contributed by atoms with Crippen LogP contribution in [-0.2, 0) is 6.42 Å². The van der Waals surface area contributed by atoms with Crippen molar-refractivity contribution in [2.75, 3.05) is 19.6 Å². The summed E-state index contributed by atoms with van der Waals surface area (Å²) in [6, 6.07) is 16.7. The van der Waals surface area contributed by atoms with Gasteiger partial charge in [0.15, 0.2) is 0 Å². The lowest BCUT2D eigenvalue weighted by Gasteiger charge is -2.26. The van der Waals surface area contributed by atoms with E-state index in [-0.39, 0.29) is 5.56 Å². The number of piperidine rings is 1. The summed E-state index contributed by atoms with van der Waals surface area (Å²) in [6.45, 7) is 3.77. The van der Waals surface area contributed by atoms with Gasteiger partial charge in [0.05, 0.1) is 17.5 Å². The summed E-state index contributed by atoms with van der Waals surface area (Å²) in [5.41, 5.74) is 6.74. The van der Waals surface area contributed by atoms with Gasteiger partial charge in [-0.25, -0.2) is 0 Å². The number of aromatic amines is 3. The van der Waals surface area contributed by atoms with Crippen LogP contribution in [0.5, 0.6) is 0 Å². The van der Waals surface area contributed by atoms with Crippen molar-refractivity contribution in [2.45, 2.75) is 38.5 Å². The van der Waals surface area contributed by atoms with Crippen LogP contribution in [0.25, 0.3) is 44.2 Å². The molecule has 2 aromatic carbocycles. The molecule has 0 bridgehead atoms. The summed E-state index contributed by atoms with van der Waals surface area (Å²) in [6.07, 6.45) is 11.3. The third kappa shape index (κ3) is 4.66. The van der Waals surface area contributed by atoms with Crippen molar-refractivity contribution in [1.29, 1.82) is 0 Å². The van der Waals surface area contributed by atoms with Crippen LogP contribution in [0.15, 0.2) is 65.7 Å². The number of hydrogen-bond donors (Lipinski definition) is 3. The molecule has 0 spiro atoms. The smallest absolute Gasteiger partial charge is 0.257 e. The van der Waals surface area contributed by atoms with Crippen LogP contribution in [0.2, 0.25) is 0 Å². The van der Waals surface area contributed by atoms with Gasteiger partial charge in [0.2, 0.25) is 0 Å². The molecule has 3 aromatic heterocycles. The third-order valence-corrected chi connectivity index (χ3v) is 7.29. The van der Waals surface area contributed by atoms with Crippen molar-refractivity contribution in [1.82, 2.24) is 25.1 Å². The number of aryl methyl sites for hydroxylation is 1. The molecule has 178 valence electrons. The van der Waals surface area contributed by atoms with E-state index in [9.17, 15) is 4.79 Å². The molecule has 4 heterocycles. The highest BCUT2D eigenvalue weighted by Crippen LogP contribution is 2.27. The molecule has 0 unspecified atom stereocenters. The first kappa shape index (κ1) is 21.9. The molecular formula is C29H31N5O. The molecule has 0 atom stereocenters. The molecule has 1 fully saturated rings. The second-order valence-corrected chi connectivity index (χ2v) is 9.77. The number of unbranched alkanes of at least 4 members (excludes halogenated alkanes) is 1. The van der Waals surface area contributed by atoms with E-state index >= 15 is 0 Å². The number of nitrogens with one attached hydrogen (secondary N) is 3. The number of hydrogen-bond acceptors (Lipinski definition) is 3. The number of H-pyrrole nitrogens is 3. The number of fused-ring (bicyclic) bond motifs is 2. The van der Waals surface area contributed by atoms with Gasteiger partial charge in [-0.2, -0.15) is 5.10 Å². The summed E-state index contributed by atoms with van der Waals surface area (Å²) in [7, 11) is 0. The number of benzene rings is 2. The molecule has 1 aliphatic heterocycles. The van der Waals surface area contributed by atoms with Crippen LogP contribution < -0.4 is 5.56 Å². The highest BCUT2D eigenvalue weighted by molar-refractivity contribution is 5.90. The second kappa shape index (κ2) is 9.55. The van der Waals surface area contributed by atoms with Gasteiger partial charge in [-0.1, -0.05) is 18.6 Å². The minimum Gasteiger partial charge on any atom is -0.354 e. The Hall–Kier alpha value is -3.64. The van der Waals surface area contributed by atoms with E-state index < -0.39 is 0 Å². The fourth-order valence-corrected chi connectivity index (χ4v) is 5.33. The maximum atomic E-state index is 12.9. The van der Waals surface area contributed by atoms with E-state index in [1.807, 2.05) is 24.4 Å². The zero-order valence-electron chi connectivity index (χ0n) is 19.9. The summed E-state index contributed by atoms with van der Waals surface area (Å²) in [5.74, 6) is 0. The molecular weight excluding hydrogens is 434 g/mol. The van der Waals surface area contributed by atoms with Gasteiger partial charge in [-0.3, -0.25) is 9.89 Å². The Kier molecular flexibility index (Phi) is 5.96. The van der Waals surface area contributed by atoms with Crippen LogP contribution in [0.1, 0.15) is 37.7 Å². The summed E-state index contributed by atoms with van der Waals surface area (Å²) in [4.78, 5) is 22.0. The Morgan fingerprint density at radius 1 is 0.829 bits per heavy atom. The van der Waals surface area contributed by atoms with E-state index in [0.29, 0.717) is 5.56 Å². The molecule has 6 heteroatoms. The number of likely N-dealkylation sites (tertiary alicyclic amines) is 1. The second-order valence-electron chi connectivity index (χ2n) is 9.77. The van der Waals surface area contributed by atoms with Crippen molar-refractivity contribution < 1.29 is 0 Å². The molecule has 6 nitrogen and oxygen atoms in total. The molecule has 0 amide bonds. The molecule has 6 rings (SSSR count). The number of pyridine rings is 1. The quantitative estimate of drug-likeness (QED) is 0.263. The van der Waals surface area contributed by atoms with Crippen molar-refractivity contribution in [2.24, 2.45) is 0 Å². The van der Waals surface area contributed by atoms with Gasteiger partial charge in [0.25, 0.3) is 5.56 Å². The molecule has 1 aliphatic rings. The Morgan fingerprint density at radius 2 is 1.66 bits per heavy atom. The largest absolute Gasteiger partial charge is 0.354 e. The predicted molar refractivity (Wildman–Crippen MR) is 143 cm³/mol. The van der Waals surface area contributed by atoms with Crippen LogP contribution in [0, 0.1) is 0 Å². The zero-order valence-corrected chi connectivity index (χ0v) is 19.9. The summed E-state index contributed by atoms with van der Waals surface area (Å²) >= 11 is 0. The van der Waals surface area contributed by atoms with Crippen LogP contribution in [0.4, 0.5) is 0 Å². The highest BCUT2D eigenvalue weighted by Gasteiger charge is 2.12. The van der Waals surface area contributed by atoms with Gasteiger partial charge >= 0.3 is 0 Å². The lowest BCUT2D eigenvalue weighted by molar-refractivity contribution is 0.225. The molecule has 0 aliphatic carbocycles. The van der Waals surface area contributed by atoms with Crippen LogP contribution in [0.3, 0.4) is 0 Å². The fraction of sp³-hybridized carbons (Fsp3) is 0.310. The topological polar surface area (TPSA) is 80.6 Å². The van der Waals surface area contributed by atoms with Crippen molar-refractivity contribution in [3.63, 3.8) is 0 Å². The van der Waals surface area contributed by atoms with E-state index in [2.05, 4.69) is 55.4 Å². The van der Waals surface area contributed by atoms with Gasteiger partial charge in [-0.05, 0) is 105 Å². The maximum absolute atomic E-state index is 12.9. The third-order valence-electron chi connectivity index (χ3n) is 7.29. The number of nitrogens with zero attached hydrogens (tertiary/aromatic N) is 2. The van der Waals surface area contributed by atoms with E-state index in [1.165, 1.54) is 57.3 Å². The summed E-state index contributed by atoms with van der Waals surface area (Å²) < 4.78 is 0. The maximum Gasteiger partial charge on any atom is 0.257 e. The van der Waals surface area contributed by atoms with E-state index in [4.69, 9.17) is 0 Å². The Morgan fingerprint density at radius 3 is 2.51 bits per heavy atom. The molecule has 5 aromatic rings. The minimum atomic E-state index is -0.0851. The molecule has 1 saturated heterocycles. The predicted octanol–water partition coefficient (Wildman–Crippen LogP) is 5.88. The van der Waals surface area contributed by atoms with Crippen molar-refractivity contribution in [3.8, 4) is 22.4 Å². The SMILES string of the molecule is O=c1[nH]c2ccc(-c3cn[nH]c3)cc2cc1-c1cc2cc(CCCCN3CCCCC3)ccc2[nH]1. The summed E-state index contributed by atoms with van der Waals surface area (Å²) in [5, 5.41) is 9.05. The van der Waals surface area contributed by atoms with Crippen molar-refractivity contribution >= 4 is 21.8 Å². The number of rotatable bonds is 7. The Labute approximate surface area is 204 Å². The lowest BCUT2D eigenvalue weighted by Crippen LogP contribution is -2.30. The van der Waals surface area contributed by atoms with Crippen LogP contribution in [-0.4, -0.2) is 44.7 Å². The van der Waals surface area contributed by atoms with Crippen LogP contribution >= 0.6 is 0 Å². The number of aromatic nitrogens is 4. The first-order valence-electron chi connectivity index (χ1n) is 12.7. The molecule has 3 N–H and O–H groups in total. The Balaban J connectivity index is 1.21. The first-order chi connectivity index (χ1) is 17.2. The van der Waals surface area contributed by atoms with E-state index in [1.54, 1.807) is 6.20 Å². The van der Waals surface area contributed by atoms with Gasteiger partial charge < -0.3 is 14.9 Å². The average Bonchev–Trinajstić information content (AvgIpc) is 3.57. The van der Waals surface area contributed by atoms with Gasteiger partial charge in [0.1, 0.15) is 0 Å². The molecule has 35 heavy (non-hydrogen) atoms. The fourth-order valence-electron chi connectivity index (χ4n) is 5.33. The minimum absolute atomic E-state index is 0.0851. The van der Waals surface area contributed by atoms with Crippen molar-refractivity contribution in [3.05, 3.63) is 76.8 Å². The normalized spacial score (nSPS) is 14.7. The first-order valence-corrected chi connectivity index (χ1v) is 12.7. The monoisotopic (exact) mass is 465 g/mol. The zero-order chi connectivity index (χ0) is 23.6. The Bertz CT molecular complexity index is 1510. The van der Waals surface area contributed by atoms with E-state index in [0.717, 1.165) is 45.0 Å². The molecule has 0 radical (unpaired) electrons. The average molecular weight is 466 g/mol.